The number of carbonyl (C=O) groups excluding carboxylic acids is 9. The predicted octanol–water partition coefficient (Wildman–Crippen LogP) is 0.513. The number of aliphatic carboxylic acids is 1. The molecule has 1 saturated heterocycles. The molecule has 0 aliphatic carbocycles. The minimum absolute atomic E-state index is 0.0227. The number of alkyl halides is 3. The molecule has 32 nitrogen and oxygen atoms in total. The van der Waals surface area contributed by atoms with Gasteiger partial charge in [0.15, 0.2) is 5.96 Å². The molecule has 0 saturated carbocycles. The molecule has 4 rings (SSSR count). The number of halogens is 3. The van der Waals surface area contributed by atoms with Crippen LogP contribution in [0.3, 0.4) is 0 Å². The van der Waals surface area contributed by atoms with E-state index in [0.717, 1.165) is 12.0 Å². The van der Waals surface area contributed by atoms with Crippen LogP contribution in [-0.4, -0.2) is 196 Å². The molecule has 0 unspecified atom stereocenters. The van der Waals surface area contributed by atoms with Crippen LogP contribution in [0.5, 0.6) is 5.75 Å². The van der Waals surface area contributed by atoms with E-state index >= 15 is 0 Å². The number of pyridine rings is 1. The molecular formula is C58H79F3N14O18S. The van der Waals surface area contributed by atoms with Gasteiger partial charge in [-0.15, -0.1) is 4.33 Å². The molecule has 0 bridgehead atoms. The fraction of sp³-hybridized carbons (Fsp3) is 0.500. The number of carboxylic acids is 1. The molecule has 36 heteroatoms. The summed E-state index contributed by atoms with van der Waals surface area (Å²) in [6.07, 6.45) is -2.30. The molecule has 1 fully saturated rings. The lowest BCUT2D eigenvalue weighted by atomic mass is 9.99. The van der Waals surface area contributed by atoms with E-state index in [1.807, 2.05) is 0 Å². The van der Waals surface area contributed by atoms with Crippen LogP contribution in [0.15, 0.2) is 81.8 Å². The Morgan fingerprint density at radius 3 is 1.98 bits per heavy atom. The number of hydrogen-bond donors (Lipinski definition) is 13. The first-order valence-corrected chi connectivity index (χ1v) is 30.4. The van der Waals surface area contributed by atoms with Crippen LogP contribution in [0.1, 0.15) is 86.7 Å². The van der Waals surface area contributed by atoms with Crippen molar-refractivity contribution < 1.29 is 99.8 Å². The molecule has 1 aromatic heterocycles. The molecule has 9 amide bonds. The third-order valence-electron chi connectivity index (χ3n) is 13.0. The minimum atomic E-state index is -5.24. The van der Waals surface area contributed by atoms with Gasteiger partial charge in [-0.3, -0.25) is 63.7 Å². The van der Waals surface area contributed by atoms with Gasteiger partial charge in [-0.2, -0.15) is 18.3 Å². The van der Waals surface area contributed by atoms with Crippen molar-refractivity contribution in [2.75, 3.05) is 84.4 Å². The van der Waals surface area contributed by atoms with E-state index in [-0.39, 0.29) is 69.5 Å². The van der Waals surface area contributed by atoms with Crippen molar-refractivity contribution in [3.05, 3.63) is 83.6 Å². The van der Waals surface area contributed by atoms with Crippen molar-refractivity contribution >= 4 is 89.2 Å². The van der Waals surface area contributed by atoms with E-state index in [9.17, 15) is 66.2 Å². The minimum Gasteiger partial charge on any atom is -0.494 e. The molecule has 2 heterocycles. The van der Waals surface area contributed by atoms with E-state index < -0.39 is 96.6 Å². The lowest BCUT2D eigenvalue weighted by Gasteiger charge is -2.27. The maximum atomic E-state index is 14.0. The number of ether oxygens (including phenoxy) is 4. The summed E-state index contributed by atoms with van der Waals surface area (Å²) in [5, 5.41) is 47.5. The number of nitrogens with zero attached hydrogens (tertiary/aromatic N) is 3. The summed E-state index contributed by atoms with van der Waals surface area (Å²) in [6.45, 7) is 5.39. The Kier molecular flexibility index (Phi) is 35.4. The number of nitrogens with one attached hydrogen (secondary N) is 10. The van der Waals surface area contributed by atoms with E-state index in [1.165, 1.54) is 17.7 Å². The lowest BCUT2D eigenvalue weighted by Crippen LogP contribution is -2.59. The number of rotatable bonds is 38. The van der Waals surface area contributed by atoms with Gasteiger partial charge in [-0.25, -0.2) is 10.2 Å². The number of aromatic nitrogens is 1. The van der Waals surface area contributed by atoms with Gasteiger partial charge in [0.25, 0.3) is 5.91 Å². The molecule has 0 spiro atoms. The van der Waals surface area contributed by atoms with Crippen molar-refractivity contribution in [3.63, 3.8) is 0 Å². The summed E-state index contributed by atoms with van der Waals surface area (Å²) in [5.74, 6) is -10.2. The van der Waals surface area contributed by atoms with Gasteiger partial charge in [0.2, 0.25) is 41.4 Å². The summed E-state index contributed by atoms with van der Waals surface area (Å²) in [6, 6.07) is 10.7. The van der Waals surface area contributed by atoms with Crippen LogP contribution >= 0.6 is 12.0 Å². The van der Waals surface area contributed by atoms with E-state index in [4.69, 9.17) is 29.9 Å². The summed E-state index contributed by atoms with van der Waals surface area (Å²) in [4.78, 5) is 136. The average Bonchev–Trinajstić information content (AvgIpc) is 3.07. The predicted molar refractivity (Wildman–Crippen MR) is 330 cm³/mol. The van der Waals surface area contributed by atoms with Crippen LogP contribution in [0.25, 0.3) is 0 Å². The Morgan fingerprint density at radius 2 is 1.36 bits per heavy atom. The molecule has 94 heavy (non-hydrogen) atoms. The van der Waals surface area contributed by atoms with Gasteiger partial charge in [0.1, 0.15) is 35.7 Å². The number of hydrogen-bond acceptors (Lipinski definition) is 22. The molecule has 2 aromatic carbocycles. The fourth-order valence-electron chi connectivity index (χ4n) is 8.19. The van der Waals surface area contributed by atoms with E-state index in [2.05, 4.69) is 72.4 Å². The van der Waals surface area contributed by atoms with Crippen molar-refractivity contribution in [2.24, 2.45) is 21.7 Å². The van der Waals surface area contributed by atoms with Gasteiger partial charge >= 0.3 is 18.1 Å². The number of hydrazone groups is 1. The third kappa shape index (κ3) is 31.5. The Bertz CT molecular complexity index is 3010. The Morgan fingerprint density at radius 1 is 0.745 bits per heavy atom. The number of anilines is 1. The van der Waals surface area contributed by atoms with Gasteiger partial charge in [-0.1, -0.05) is 49.2 Å². The maximum absolute atomic E-state index is 14.0. The van der Waals surface area contributed by atoms with Crippen molar-refractivity contribution in [2.45, 2.75) is 107 Å². The van der Waals surface area contributed by atoms with Crippen LogP contribution in [-0.2, 0) is 73.2 Å². The van der Waals surface area contributed by atoms with Crippen LogP contribution in [0.2, 0.25) is 0 Å². The SMILES string of the molecule is CC(C)[C@@H]1NC(=O)[C@@H](Cc2ccc(OCCCNC(=O)CCC(=O)NCCCOCCOCCOCCCNC(=O)c3ccc(N/N=C/c4ccccc4SOOO)nc3)cc2)NC(=O)[C@H](CC(=O)O)NC(=O)CNC(=O)[C@H](CCCN=C(N)NC(=O)C(F)(F)F)NC1=O. The fourth-order valence-corrected chi connectivity index (χ4v) is 8.65. The highest BCUT2D eigenvalue weighted by molar-refractivity contribution is 7.94. The second-order valence-corrected chi connectivity index (χ2v) is 21.5. The van der Waals surface area contributed by atoms with Gasteiger partial charge in [0, 0.05) is 75.3 Å². The molecule has 14 N–H and O–H groups in total. The molecule has 3 aromatic rings. The van der Waals surface area contributed by atoms with Gasteiger partial charge in [0.05, 0.1) is 69.8 Å². The van der Waals surface area contributed by atoms with Crippen LogP contribution in [0, 0.1) is 5.92 Å². The first kappa shape index (κ1) is 77.4. The Labute approximate surface area is 542 Å². The molecule has 1 aliphatic rings. The number of amides is 9. The molecule has 4 atom stereocenters. The number of carboxylic acid groups (broad SMARTS) is 1. The summed E-state index contributed by atoms with van der Waals surface area (Å²) >= 11 is 0.809. The maximum Gasteiger partial charge on any atom is 0.471 e. The first-order chi connectivity index (χ1) is 45.0. The van der Waals surface area contributed by atoms with Gasteiger partial charge < -0.3 is 72.3 Å². The standard InChI is InChI=1S/C58H79F3N14O18S/c1-36(2)50-55(85)71-41(10-5-20-66-57(62)74-56(86)58(59,60)61)52(82)68-35-48(78)70-43(32-49(79)80)53(83)72-42(54(84)73-50)31-37-12-15-40(16-13-37)91-26-8-22-64-47(77)19-18-46(76)63-21-6-24-88-27-29-90-30-28-89-25-7-23-65-51(81)39-14-17-45(67-33-39)75-69-34-38-9-3-4-11-44(38)94-93-92-87/h3-4,9,11-17,33-34,36,41-43,50,87H,5-8,10,18-32,35H2,1-2H3,(H,63,76)(H,64,77)(H,65,81)(H,67,75)(H,68,82)(H,70,78)(H,71,85)(H,72,83)(H,73,84)(H,79,80)(H3,62,66,74,86)/b69-34+/t41-,42+,43-,50-/m0/s1. The second-order valence-electron chi connectivity index (χ2n) is 20.8. The highest BCUT2D eigenvalue weighted by atomic mass is 32.2. The zero-order chi connectivity index (χ0) is 68.7. The number of guanidine groups is 1. The summed E-state index contributed by atoms with van der Waals surface area (Å²) in [5.41, 5.74) is 9.69. The monoisotopic (exact) mass is 1350 g/mol. The van der Waals surface area contributed by atoms with Crippen LogP contribution in [0.4, 0.5) is 19.0 Å². The number of aliphatic imine (C=N–C) groups is 1. The topological polar surface area (TPSA) is 450 Å². The molecule has 1 aliphatic heterocycles. The summed E-state index contributed by atoms with van der Waals surface area (Å²) in [7, 11) is 0. The summed E-state index contributed by atoms with van der Waals surface area (Å²) < 4.78 is 64.8. The van der Waals surface area contributed by atoms with Crippen molar-refractivity contribution in [1.82, 2.24) is 52.8 Å². The molecular weight excluding hydrogens is 1270 g/mol. The van der Waals surface area contributed by atoms with E-state index in [0.29, 0.717) is 105 Å². The second kappa shape index (κ2) is 42.9. The lowest BCUT2D eigenvalue weighted by molar-refractivity contribution is -0.432. The van der Waals surface area contributed by atoms with Crippen molar-refractivity contribution in [3.8, 4) is 5.75 Å². The highest BCUT2D eigenvalue weighted by Gasteiger charge is 2.39. The van der Waals surface area contributed by atoms with Gasteiger partial charge in [-0.05, 0) is 73.9 Å². The van der Waals surface area contributed by atoms with E-state index in [1.54, 1.807) is 74.5 Å². The number of nitrogens with two attached hydrogens (primary N) is 1. The third-order valence-corrected chi connectivity index (χ3v) is 13.7. The number of benzene rings is 2. The zero-order valence-electron chi connectivity index (χ0n) is 51.6. The first-order valence-electron chi connectivity index (χ1n) is 29.7. The Hall–Kier alpha value is -9.07. The highest BCUT2D eigenvalue weighted by Crippen LogP contribution is 2.23. The van der Waals surface area contributed by atoms with Crippen molar-refractivity contribution in [1.29, 1.82) is 0 Å². The normalized spacial score (nSPS) is 16.7. The smallest absolute Gasteiger partial charge is 0.471 e. The number of carbonyl (C=O) groups is 10. The van der Waals surface area contributed by atoms with Crippen LogP contribution < -0.4 is 63.7 Å². The largest absolute Gasteiger partial charge is 0.494 e. The molecule has 0 radical (unpaired) electrons. The average molecular weight is 1350 g/mol. The Balaban J connectivity index is 1.07. The zero-order valence-corrected chi connectivity index (χ0v) is 52.4. The molecule has 516 valence electrons. The quantitative estimate of drug-likeness (QED) is 0.00928.